The minimum absolute atomic E-state index is 0.477. The van der Waals surface area contributed by atoms with Gasteiger partial charge in [0.1, 0.15) is 0 Å². The van der Waals surface area contributed by atoms with Gasteiger partial charge in [0.25, 0.3) is 0 Å². The van der Waals surface area contributed by atoms with Crippen LogP contribution >= 0.6 is 23.1 Å². The van der Waals surface area contributed by atoms with Crippen LogP contribution in [0, 0.1) is 0 Å². The van der Waals surface area contributed by atoms with Gasteiger partial charge in [0.2, 0.25) is 5.16 Å². The zero-order valence-corrected chi connectivity index (χ0v) is 13.7. The van der Waals surface area contributed by atoms with Crippen molar-refractivity contribution in [1.29, 1.82) is 0 Å². The molecule has 0 aliphatic heterocycles. The molecule has 0 aromatic carbocycles. The van der Waals surface area contributed by atoms with Gasteiger partial charge in [0.05, 0.1) is 17.2 Å². The molecule has 1 N–H and O–H groups in total. The Bertz CT molecular complexity index is 522. The number of aromatic nitrogens is 5. The highest BCUT2D eigenvalue weighted by Crippen LogP contribution is 2.21. The van der Waals surface area contributed by atoms with Crippen LogP contribution in [0.15, 0.2) is 10.5 Å². The van der Waals surface area contributed by atoms with Crippen LogP contribution in [0.4, 0.5) is 0 Å². The first-order valence-electron chi connectivity index (χ1n) is 6.74. The fourth-order valence-corrected chi connectivity index (χ4v) is 3.26. The molecule has 0 unspecified atom stereocenters. The van der Waals surface area contributed by atoms with Gasteiger partial charge in [-0.2, -0.15) is 0 Å². The maximum atomic E-state index is 4.55. The van der Waals surface area contributed by atoms with Crippen molar-refractivity contribution >= 4 is 23.1 Å². The van der Waals surface area contributed by atoms with Crippen molar-refractivity contribution < 1.29 is 0 Å². The molecule has 2 aromatic heterocycles. The smallest absolute Gasteiger partial charge is 0.209 e. The topological polar surface area (TPSA) is 68.5 Å². The molecule has 0 saturated carbocycles. The van der Waals surface area contributed by atoms with Crippen molar-refractivity contribution in [2.75, 3.05) is 6.54 Å². The summed E-state index contributed by atoms with van der Waals surface area (Å²) < 4.78 is 1.84. The maximum Gasteiger partial charge on any atom is 0.209 e. The number of rotatable bonds is 8. The van der Waals surface area contributed by atoms with Gasteiger partial charge in [-0.25, -0.2) is 9.67 Å². The van der Waals surface area contributed by atoms with E-state index in [9.17, 15) is 0 Å². The highest BCUT2D eigenvalue weighted by molar-refractivity contribution is 7.98. The number of nitrogens with one attached hydrogen (secondary N) is 1. The summed E-state index contributed by atoms with van der Waals surface area (Å²) in [5, 5.41) is 19.3. The second-order valence-corrected chi connectivity index (χ2v) is 6.55. The molecule has 0 atom stereocenters. The van der Waals surface area contributed by atoms with Gasteiger partial charge < -0.3 is 5.32 Å². The number of thiazole rings is 1. The van der Waals surface area contributed by atoms with E-state index in [1.165, 1.54) is 5.01 Å². The quantitative estimate of drug-likeness (QED) is 0.752. The monoisotopic (exact) mass is 312 g/mol. The van der Waals surface area contributed by atoms with Gasteiger partial charge in [-0.05, 0) is 16.8 Å². The van der Waals surface area contributed by atoms with E-state index in [1.807, 2.05) is 4.68 Å². The summed E-state index contributed by atoms with van der Waals surface area (Å²) in [5.41, 5.74) is 1.10. The van der Waals surface area contributed by atoms with Crippen LogP contribution in [0.5, 0.6) is 0 Å². The first-order chi connectivity index (χ1) is 9.69. The van der Waals surface area contributed by atoms with Crippen LogP contribution in [0.1, 0.15) is 31.5 Å². The van der Waals surface area contributed by atoms with Gasteiger partial charge in [-0.3, -0.25) is 0 Å². The molecule has 2 heterocycles. The van der Waals surface area contributed by atoms with Crippen LogP contribution in [0.3, 0.4) is 0 Å². The number of aryl methyl sites for hydroxylation is 1. The molecule has 110 valence electrons. The van der Waals surface area contributed by atoms with Crippen LogP contribution in [0.2, 0.25) is 0 Å². The van der Waals surface area contributed by atoms with Crippen molar-refractivity contribution in [2.45, 2.75) is 50.7 Å². The molecule has 0 fully saturated rings. The van der Waals surface area contributed by atoms with Gasteiger partial charge in [0.15, 0.2) is 0 Å². The average molecular weight is 312 g/mol. The Balaban J connectivity index is 1.85. The van der Waals surface area contributed by atoms with E-state index < -0.39 is 0 Å². The van der Waals surface area contributed by atoms with Gasteiger partial charge in [-0.15, -0.1) is 16.4 Å². The van der Waals surface area contributed by atoms with Gasteiger partial charge >= 0.3 is 0 Å². The number of thioether (sulfide) groups is 1. The third-order valence-corrected chi connectivity index (χ3v) is 4.66. The Hall–Kier alpha value is -0.990. The fraction of sp³-hybridized carbons (Fsp3) is 0.667. The maximum absolute atomic E-state index is 4.55. The zero-order valence-electron chi connectivity index (χ0n) is 12.0. The highest BCUT2D eigenvalue weighted by Gasteiger charge is 2.08. The van der Waals surface area contributed by atoms with Crippen LogP contribution in [-0.4, -0.2) is 37.8 Å². The molecule has 0 saturated heterocycles. The summed E-state index contributed by atoms with van der Waals surface area (Å²) in [5.74, 6) is 0.814. The Morgan fingerprint density at radius 3 is 3.00 bits per heavy atom. The van der Waals surface area contributed by atoms with E-state index in [2.05, 4.69) is 52.0 Å². The largest absolute Gasteiger partial charge is 0.313 e. The minimum atomic E-state index is 0.477. The lowest BCUT2D eigenvalue weighted by Gasteiger charge is -2.08. The van der Waals surface area contributed by atoms with Crippen molar-refractivity contribution in [2.24, 2.45) is 0 Å². The minimum Gasteiger partial charge on any atom is -0.313 e. The van der Waals surface area contributed by atoms with Gasteiger partial charge in [-0.1, -0.05) is 32.5 Å². The van der Waals surface area contributed by atoms with Crippen LogP contribution < -0.4 is 5.32 Å². The van der Waals surface area contributed by atoms with Crippen molar-refractivity contribution in [3.8, 4) is 0 Å². The van der Waals surface area contributed by atoms with Crippen LogP contribution in [-0.2, 0) is 18.7 Å². The molecule has 2 aromatic rings. The molecule has 0 spiro atoms. The first kappa shape index (κ1) is 15.4. The molecule has 0 aliphatic rings. The predicted molar refractivity (Wildman–Crippen MR) is 82.0 cm³/mol. The number of nitrogens with zero attached hydrogens (tertiary/aromatic N) is 5. The summed E-state index contributed by atoms with van der Waals surface area (Å²) >= 11 is 3.35. The standard InChI is InChI=1S/C12H20N6S2/c1-4-11-14-10(7-19-11)8-20-12-15-16-17-18(12)6-5-13-9(2)3/h7,9,13H,4-6,8H2,1-3H3. The number of hydrogen-bond acceptors (Lipinski definition) is 7. The van der Waals surface area contributed by atoms with Gasteiger partial charge in [0, 0.05) is 23.7 Å². The summed E-state index contributed by atoms with van der Waals surface area (Å²) in [6.45, 7) is 8.03. The molecular weight excluding hydrogens is 292 g/mol. The molecular formula is C12H20N6S2. The van der Waals surface area contributed by atoms with E-state index in [4.69, 9.17) is 0 Å². The SMILES string of the molecule is CCc1nc(CSc2nnnn2CCNC(C)C)cs1. The Kier molecular flexibility index (Phi) is 5.93. The second kappa shape index (κ2) is 7.70. The molecule has 0 amide bonds. The average Bonchev–Trinajstić information content (AvgIpc) is 3.04. The molecule has 2 rings (SSSR count). The van der Waals surface area contributed by atoms with Crippen molar-refractivity contribution in [3.05, 3.63) is 16.1 Å². The van der Waals surface area contributed by atoms with Crippen molar-refractivity contribution in [3.63, 3.8) is 0 Å². The zero-order chi connectivity index (χ0) is 14.4. The predicted octanol–water partition coefficient (Wildman–Crippen LogP) is 1.98. The number of tetrazole rings is 1. The summed E-state index contributed by atoms with van der Waals surface area (Å²) in [4.78, 5) is 4.55. The number of hydrogen-bond donors (Lipinski definition) is 1. The summed E-state index contributed by atoms with van der Waals surface area (Å²) in [7, 11) is 0. The lowest BCUT2D eigenvalue weighted by Crippen LogP contribution is -2.27. The van der Waals surface area contributed by atoms with E-state index in [-0.39, 0.29) is 0 Å². The van der Waals surface area contributed by atoms with E-state index >= 15 is 0 Å². The Morgan fingerprint density at radius 1 is 1.45 bits per heavy atom. The summed E-state index contributed by atoms with van der Waals surface area (Å²) in [6.07, 6.45) is 0.994. The summed E-state index contributed by atoms with van der Waals surface area (Å²) in [6, 6.07) is 0.477. The lowest BCUT2D eigenvalue weighted by molar-refractivity contribution is 0.485. The molecule has 0 aliphatic carbocycles. The second-order valence-electron chi connectivity index (χ2n) is 4.67. The molecule has 6 nitrogen and oxygen atoms in total. The Morgan fingerprint density at radius 2 is 2.30 bits per heavy atom. The normalized spacial score (nSPS) is 11.4. The third-order valence-electron chi connectivity index (χ3n) is 2.63. The van der Waals surface area contributed by atoms with Crippen molar-refractivity contribution in [1.82, 2.24) is 30.5 Å². The molecule has 8 heteroatoms. The van der Waals surface area contributed by atoms with E-state index in [1.54, 1.807) is 23.1 Å². The van der Waals surface area contributed by atoms with E-state index in [0.29, 0.717) is 6.04 Å². The van der Waals surface area contributed by atoms with Crippen LogP contribution in [0.25, 0.3) is 0 Å². The Labute approximate surface area is 127 Å². The first-order valence-corrected chi connectivity index (χ1v) is 8.61. The molecule has 0 radical (unpaired) electrons. The van der Waals surface area contributed by atoms with E-state index in [0.717, 1.165) is 36.1 Å². The highest BCUT2D eigenvalue weighted by atomic mass is 32.2. The third kappa shape index (κ3) is 4.53. The molecule has 20 heavy (non-hydrogen) atoms. The fourth-order valence-electron chi connectivity index (χ4n) is 1.62. The lowest BCUT2D eigenvalue weighted by atomic mass is 10.4. The molecule has 0 bridgehead atoms.